The zero-order chi connectivity index (χ0) is 21.2. The Hall–Kier alpha value is -3.40. The number of anilines is 3. The number of nitrogens with one attached hydrogen (secondary N) is 4. The molecule has 0 radical (unpaired) electrons. The van der Waals surface area contributed by atoms with Gasteiger partial charge in [0.05, 0.1) is 0 Å². The lowest BCUT2D eigenvalue weighted by Crippen LogP contribution is -2.34. The first-order valence-corrected chi connectivity index (χ1v) is 10.7. The van der Waals surface area contributed by atoms with Crippen molar-refractivity contribution in [1.82, 2.24) is 30.2 Å². The first kappa shape index (κ1) is 19.6. The summed E-state index contributed by atoms with van der Waals surface area (Å²) in [6.07, 6.45) is 5.72. The first-order valence-electron chi connectivity index (χ1n) is 10.7. The van der Waals surface area contributed by atoms with Crippen molar-refractivity contribution in [1.29, 1.82) is 0 Å². The largest absolute Gasteiger partial charge is 0.490 e. The number of hydrogen-bond acceptors (Lipinski definition) is 8. The van der Waals surface area contributed by atoms with Crippen molar-refractivity contribution in [3.63, 3.8) is 0 Å². The number of carbonyl (C=O) groups is 1. The van der Waals surface area contributed by atoms with E-state index < -0.39 is 0 Å². The molecule has 162 valence electrons. The molecule has 4 N–H and O–H groups in total. The van der Waals surface area contributed by atoms with Crippen LogP contribution >= 0.6 is 0 Å². The molecular weight excluding hydrogens is 396 g/mol. The van der Waals surface area contributed by atoms with Gasteiger partial charge in [0.25, 0.3) is 0 Å². The van der Waals surface area contributed by atoms with Gasteiger partial charge in [-0.3, -0.25) is 0 Å². The van der Waals surface area contributed by atoms with Crippen molar-refractivity contribution in [2.75, 3.05) is 30.8 Å². The topological polar surface area (TPSA) is 118 Å². The van der Waals surface area contributed by atoms with E-state index in [1.54, 1.807) is 7.05 Å². The number of fused-ring (bicyclic) bond motifs is 1. The maximum Gasteiger partial charge on any atom is 0.328 e. The molecule has 3 aromatic rings. The minimum atomic E-state index is -0.228. The summed E-state index contributed by atoms with van der Waals surface area (Å²) in [5, 5.41) is 12.6. The summed E-state index contributed by atoms with van der Waals surface area (Å²) in [5.41, 5.74) is 1.80. The van der Waals surface area contributed by atoms with Gasteiger partial charge in [0.1, 0.15) is 18.2 Å². The normalized spacial score (nSPS) is 16.8. The summed E-state index contributed by atoms with van der Waals surface area (Å²) in [6, 6.07) is 7.77. The number of aromatic nitrogens is 4. The van der Waals surface area contributed by atoms with Crippen LogP contribution in [0.3, 0.4) is 0 Å². The van der Waals surface area contributed by atoms with Gasteiger partial charge in [-0.25, -0.2) is 14.3 Å². The average molecular weight is 422 g/mol. The van der Waals surface area contributed by atoms with Crippen molar-refractivity contribution in [3.05, 3.63) is 30.6 Å². The molecule has 0 bridgehead atoms. The molecule has 3 heterocycles. The number of imidazole rings is 1. The summed E-state index contributed by atoms with van der Waals surface area (Å²) in [4.78, 5) is 26.0. The number of benzene rings is 1. The fourth-order valence-electron chi connectivity index (χ4n) is 3.63. The highest BCUT2D eigenvalue weighted by Crippen LogP contribution is 2.26. The lowest BCUT2D eigenvalue weighted by atomic mass is 10.1. The summed E-state index contributed by atoms with van der Waals surface area (Å²) in [6.45, 7) is 1.95. The van der Waals surface area contributed by atoms with Crippen molar-refractivity contribution in [2.45, 2.75) is 37.8 Å². The number of carbonyl (C=O) groups excluding carboxylic acids is 1. The molecular formula is C21H26N8O2. The van der Waals surface area contributed by atoms with E-state index in [2.05, 4.69) is 36.2 Å². The van der Waals surface area contributed by atoms with Crippen LogP contribution in [0.5, 0.6) is 5.75 Å². The highest BCUT2D eigenvalue weighted by atomic mass is 16.5. The number of amides is 1. The molecule has 1 aromatic carbocycles. The van der Waals surface area contributed by atoms with E-state index in [1.807, 2.05) is 24.3 Å². The molecule has 0 unspecified atom stereocenters. The molecule has 1 saturated heterocycles. The number of hydrogen-bond donors (Lipinski definition) is 4. The van der Waals surface area contributed by atoms with Crippen LogP contribution in [0.25, 0.3) is 11.2 Å². The van der Waals surface area contributed by atoms with Crippen LogP contribution in [0.4, 0.5) is 22.2 Å². The van der Waals surface area contributed by atoms with Gasteiger partial charge >= 0.3 is 6.03 Å². The SMILES string of the molecule is CNc1nc(Nc2cccc(OC3CCNCC3)c2)nc2c1ncn2C(=O)NC1CC1. The van der Waals surface area contributed by atoms with E-state index in [1.165, 1.54) is 10.9 Å². The summed E-state index contributed by atoms with van der Waals surface area (Å²) < 4.78 is 7.56. The number of nitrogens with zero attached hydrogens (tertiary/aromatic N) is 4. The zero-order valence-electron chi connectivity index (χ0n) is 17.4. The highest BCUT2D eigenvalue weighted by Gasteiger charge is 2.25. The lowest BCUT2D eigenvalue weighted by Gasteiger charge is -2.24. The number of rotatable bonds is 6. The number of ether oxygens (including phenoxy) is 1. The van der Waals surface area contributed by atoms with Crippen LogP contribution in [0.1, 0.15) is 25.7 Å². The van der Waals surface area contributed by atoms with Gasteiger partial charge in [0, 0.05) is 24.8 Å². The van der Waals surface area contributed by atoms with Crippen LogP contribution in [0, 0.1) is 0 Å². The smallest absolute Gasteiger partial charge is 0.328 e. The fraction of sp³-hybridized carbons (Fsp3) is 0.429. The zero-order valence-corrected chi connectivity index (χ0v) is 17.4. The van der Waals surface area contributed by atoms with E-state index in [4.69, 9.17) is 4.74 Å². The molecule has 1 aliphatic carbocycles. The second-order valence-corrected chi connectivity index (χ2v) is 7.88. The number of piperidine rings is 1. The molecule has 31 heavy (non-hydrogen) atoms. The van der Waals surface area contributed by atoms with E-state index in [9.17, 15) is 4.79 Å². The van der Waals surface area contributed by atoms with E-state index in [-0.39, 0.29) is 18.2 Å². The Morgan fingerprint density at radius 2 is 2.03 bits per heavy atom. The summed E-state index contributed by atoms with van der Waals surface area (Å²) in [7, 11) is 1.77. The van der Waals surface area contributed by atoms with Crippen LogP contribution < -0.4 is 26.0 Å². The molecule has 5 rings (SSSR count). The molecule has 2 aromatic heterocycles. The Balaban J connectivity index is 1.39. The Kier molecular flexibility index (Phi) is 5.29. The van der Waals surface area contributed by atoms with Gasteiger partial charge in [-0.1, -0.05) is 6.07 Å². The Morgan fingerprint density at radius 3 is 2.81 bits per heavy atom. The maximum atomic E-state index is 12.6. The van der Waals surface area contributed by atoms with Gasteiger partial charge < -0.3 is 26.0 Å². The minimum absolute atomic E-state index is 0.222. The van der Waals surface area contributed by atoms with Gasteiger partial charge in [0.2, 0.25) is 5.95 Å². The summed E-state index contributed by atoms with van der Waals surface area (Å²) >= 11 is 0. The van der Waals surface area contributed by atoms with E-state index in [0.717, 1.165) is 50.2 Å². The fourth-order valence-corrected chi connectivity index (χ4v) is 3.63. The molecule has 1 aliphatic heterocycles. The minimum Gasteiger partial charge on any atom is -0.490 e. The Labute approximate surface area is 179 Å². The molecule has 10 nitrogen and oxygen atoms in total. The van der Waals surface area contributed by atoms with E-state index >= 15 is 0 Å². The molecule has 2 aliphatic rings. The van der Waals surface area contributed by atoms with Crippen molar-refractivity contribution in [2.24, 2.45) is 0 Å². The van der Waals surface area contributed by atoms with Gasteiger partial charge in [-0.05, 0) is 50.9 Å². The molecule has 10 heteroatoms. The summed E-state index contributed by atoms with van der Waals surface area (Å²) in [5.74, 6) is 1.73. The monoisotopic (exact) mass is 422 g/mol. The third kappa shape index (κ3) is 4.38. The molecule has 2 fully saturated rings. The second-order valence-electron chi connectivity index (χ2n) is 7.88. The van der Waals surface area contributed by atoms with Gasteiger partial charge in [0.15, 0.2) is 17.0 Å². The van der Waals surface area contributed by atoms with Crippen LogP contribution in [0.2, 0.25) is 0 Å². The Morgan fingerprint density at radius 1 is 1.19 bits per heavy atom. The second kappa shape index (κ2) is 8.38. The predicted octanol–water partition coefficient (Wildman–Crippen LogP) is 2.46. The third-order valence-electron chi connectivity index (χ3n) is 5.44. The van der Waals surface area contributed by atoms with Crippen LogP contribution in [-0.2, 0) is 0 Å². The van der Waals surface area contributed by atoms with Crippen LogP contribution in [-0.4, -0.2) is 57.8 Å². The third-order valence-corrected chi connectivity index (χ3v) is 5.44. The predicted molar refractivity (Wildman–Crippen MR) is 118 cm³/mol. The molecule has 0 atom stereocenters. The first-order chi connectivity index (χ1) is 15.2. The molecule has 1 saturated carbocycles. The van der Waals surface area contributed by atoms with Crippen molar-refractivity contribution < 1.29 is 9.53 Å². The van der Waals surface area contributed by atoms with Crippen molar-refractivity contribution in [3.8, 4) is 5.75 Å². The van der Waals surface area contributed by atoms with Crippen molar-refractivity contribution >= 4 is 34.6 Å². The lowest BCUT2D eigenvalue weighted by molar-refractivity contribution is 0.162. The average Bonchev–Trinajstić information content (AvgIpc) is 3.49. The standard InChI is InChI=1S/C21H26N8O2/c1-22-18-17-19(29(12-24-17)21(30)26-13-5-6-13)28-20(27-18)25-14-3-2-4-16(11-14)31-15-7-9-23-10-8-15/h2-4,11-13,15,23H,5-10H2,1H3,(H,26,30)(H2,22,25,27,28). The van der Waals surface area contributed by atoms with Gasteiger partial charge in [-0.2, -0.15) is 9.97 Å². The maximum absolute atomic E-state index is 12.6. The molecule has 1 amide bonds. The van der Waals surface area contributed by atoms with Gasteiger partial charge in [-0.15, -0.1) is 0 Å². The quantitative estimate of drug-likeness (QED) is 0.479. The van der Waals surface area contributed by atoms with E-state index in [0.29, 0.717) is 22.9 Å². The molecule has 0 spiro atoms. The Bertz CT molecular complexity index is 1090. The highest BCUT2D eigenvalue weighted by molar-refractivity contribution is 5.92. The van der Waals surface area contributed by atoms with Crippen LogP contribution in [0.15, 0.2) is 30.6 Å².